The molecule has 0 aliphatic heterocycles. The number of rotatable bonds is 2. The third kappa shape index (κ3) is 1.68. The second kappa shape index (κ2) is 4.11. The van der Waals surface area contributed by atoms with Crippen LogP contribution in [0.4, 0.5) is 0 Å². The van der Waals surface area contributed by atoms with E-state index in [1.54, 1.807) is 0 Å². The van der Waals surface area contributed by atoms with E-state index in [-0.39, 0.29) is 5.54 Å². The Morgan fingerprint density at radius 1 is 1.00 bits per heavy atom. The van der Waals surface area contributed by atoms with E-state index in [2.05, 4.69) is 35.8 Å². The Bertz CT molecular complexity index is 276. The van der Waals surface area contributed by atoms with Crippen molar-refractivity contribution in [1.82, 2.24) is 5.43 Å². The van der Waals surface area contributed by atoms with Crippen LogP contribution in [0.25, 0.3) is 0 Å². The SMILES string of the molecule is NNC1(c2ccccc2)CCCCC1. The summed E-state index contributed by atoms with van der Waals surface area (Å²) in [5, 5.41) is 0. The van der Waals surface area contributed by atoms with E-state index in [1.807, 2.05) is 0 Å². The van der Waals surface area contributed by atoms with Crippen molar-refractivity contribution in [3.8, 4) is 0 Å². The number of hydrogen-bond acceptors (Lipinski definition) is 2. The summed E-state index contributed by atoms with van der Waals surface area (Å²) in [6, 6.07) is 10.6. The van der Waals surface area contributed by atoms with Crippen molar-refractivity contribution < 1.29 is 0 Å². The molecular weight excluding hydrogens is 172 g/mol. The Kier molecular flexibility index (Phi) is 2.85. The van der Waals surface area contributed by atoms with Gasteiger partial charge in [-0.2, -0.15) is 0 Å². The van der Waals surface area contributed by atoms with E-state index in [9.17, 15) is 0 Å². The first-order chi connectivity index (χ1) is 6.87. The molecular formula is C12H18N2. The highest BCUT2D eigenvalue weighted by Crippen LogP contribution is 2.36. The Morgan fingerprint density at radius 3 is 2.21 bits per heavy atom. The van der Waals surface area contributed by atoms with E-state index < -0.39 is 0 Å². The van der Waals surface area contributed by atoms with Crippen molar-refractivity contribution in [2.24, 2.45) is 5.84 Å². The molecule has 14 heavy (non-hydrogen) atoms. The van der Waals surface area contributed by atoms with Crippen LogP contribution in [-0.4, -0.2) is 0 Å². The molecule has 2 heteroatoms. The van der Waals surface area contributed by atoms with Gasteiger partial charge >= 0.3 is 0 Å². The zero-order valence-corrected chi connectivity index (χ0v) is 8.50. The highest BCUT2D eigenvalue weighted by molar-refractivity contribution is 5.24. The predicted octanol–water partition coefficient (Wildman–Crippen LogP) is 2.31. The molecule has 0 heterocycles. The van der Waals surface area contributed by atoms with Gasteiger partial charge in [0.2, 0.25) is 0 Å². The van der Waals surface area contributed by atoms with Crippen LogP contribution >= 0.6 is 0 Å². The molecule has 0 bridgehead atoms. The van der Waals surface area contributed by atoms with Crippen LogP contribution in [0, 0.1) is 0 Å². The quantitative estimate of drug-likeness (QED) is 0.555. The van der Waals surface area contributed by atoms with Gasteiger partial charge < -0.3 is 0 Å². The highest BCUT2D eigenvalue weighted by atomic mass is 15.3. The van der Waals surface area contributed by atoms with Gasteiger partial charge in [0.05, 0.1) is 5.54 Å². The molecule has 0 spiro atoms. The number of hydrogen-bond donors (Lipinski definition) is 2. The first kappa shape index (κ1) is 9.69. The number of hydrazine groups is 1. The van der Waals surface area contributed by atoms with Gasteiger partial charge in [-0.05, 0) is 18.4 Å². The zero-order chi connectivity index (χ0) is 9.86. The molecule has 0 radical (unpaired) electrons. The maximum absolute atomic E-state index is 5.72. The Hall–Kier alpha value is -0.860. The van der Waals surface area contributed by atoms with Gasteiger partial charge in [0, 0.05) is 0 Å². The highest BCUT2D eigenvalue weighted by Gasteiger charge is 2.32. The lowest BCUT2D eigenvalue weighted by molar-refractivity contribution is 0.236. The third-order valence-electron chi connectivity index (χ3n) is 3.31. The summed E-state index contributed by atoms with van der Waals surface area (Å²) < 4.78 is 0. The lowest BCUT2D eigenvalue weighted by atomic mass is 9.77. The summed E-state index contributed by atoms with van der Waals surface area (Å²) in [5.41, 5.74) is 4.41. The lowest BCUT2D eigenvalue weighted by Crippen LogP contribution is -2.47. The molecule has 1 aliphatic carbocycles. The molecule has 1 fully saturated rings. The van der Waals surface area contributed by atoms with Crippen molar-refractivity contribution in [1.29, 1.82) is 0 Å². The van der Waals surface area contributed by atoms with Gasteiger partial charge in [0.1, 0.15) is 0 Å². The molecule has 1 aliphatic rings. The zero-order valence-electron chi connectivity index (χ0n) is 8.50. The maximum atomic E-state index is 5.72. The van der Waals surface area contributed by atoms with E-state index in [1.165, 1.54) is 24.8 Å². The molecule has 0 unspecified atom stereocenters. The predicted molar refractivity (Wildman–Crippen MR) is 58.5 cm³/mol. The molecule has 2 nitrogen and oxygen atoms in total. The summed E-state index contributed by atoms with van der Waals surface area (Å²) in [7, 11) is 0. The normalized spacial score (nSPS) is 20.6. The Morgan fingerprint density at radius 2 is 1.64 bits per heavy atom. The molecule has 3 N–H and O–H groups in total. The van der Waals surface area contributed by atoms with E-state index >= 15 is 0 Å². The van der Waals surface area contributed by atoms with Gasteiger partial charge in [-0.3, -0.25) is 5.84 Å². The molecule has 76 valence electrons. The summed E-state index contributed by atoms with van der Waals surface area (Å²) in [4.78, 5) is 0. The maximum Gasteiger partial charge on any atom is 0.0569 e. The van der Waals surface area contributed by atoms with Gasteiger partial charge in [-0.25, -0.2) is 5.43 Å². The molecule has 1 saturated carbocycles. The van der Waals surface area contributed by atoms with Gasteiger partial charge in [0.25, 0.3) is 0 Å². The van der Waals surface area contributed by atoms with Gasteiger partial charge in [-0.15, -0.1) is 0 Å². The minimum Gasteiger partial charge on any atom is -0.271 e. The molecule has 0 saturated heterocycles. The molecule has 0 amide bonds. The summed E-state index contributed by atoms with van der Waals surface area (Å²) in [6.07, 6.45) is 6.22. The number of nitrogens with one attached hydrogen (secondary N) is 1. The third-order valence-corrected chi connectivity index (χ3v) is 3.31. The summed E-state index contributed by atoms with van der Waals surface area (Å²) >= 11 is 0. The number of nitrogens with two attached hydrogens (primary N) is 1. The van der Waals surface area contributed by atoms with Crippen molar-refractivity contribution in [2.75, 3.05) is 0 Å². The average Bonchev–Trinajstić information content (AvgIpc) is 2.31. The molecule has 0 atom stereocenters. The average molecular weight is 190 g/mol. The summed E-state index contributed by atoms with van der Waals surface area (Å²) in [5.74, 6) is 5.72. The Balaban J connectivity index is 2.27. The lowest BCUT2D eigenvalue weighted by Gasteiger charge is -2.37. The van der Waals surface area contributed by atoms with Crippen LogP contribution in [-0.2, 0) is 5.54 Å². The smallest absolute Gasteiger partial charge is 0.0569 e. The standard InChI is InChI=1S/C12H18N2/c13-14-12(9-5-2-6-10-12)11-7-3-1-4-8-11/h1,3-4,7-8,14H,2,5-6,9-10,13H2. The van der Waals surface area contributed by atoms with Crippen molar-refractivity contribution in [2.45, 2.75) is 37.6 Å². The molecule has 1 aromatic rings. The first-order valence-electron chi connectivity index (χ1n) is 5.41. The van der Waals surface area contributed by atoms with Crippen LogP contribution < -0.4 is 11.3 Å². The second-order valence-corrected chi connectivity index (χ2v) is 4.15. The van der Waals surface area contributed by atoms with Crippen molar-refractivity contribution in [3.05, 3.63) is 35.9 Å². The van der Waals surface area contributed by atoms with Crippen molar-refractivity contribution in [3.63, 3.8) is 0 Å². The topological polar surface area (TPSA) is 38.0 Å². The van der Waals surface area contributed by atoms with E-state index in [4.69, 9.17) is 5.84 Å². The van der Waals surface area contributed by atoms with Crippen LogP contribution in [0.5, 0.6) is 0 Å². The fourth-order valence-corrected chi connectivity index (χ4v) is 2.43. The summed E-state index contributed by atoms with van der Waals surface area (Å²) in [6.45, 7) is 0. The first-order valence-corrected chi connectivity index (χ1v) is 5.41. The van der Waals surface area contributed by atoms with Gasteiger partial charge in [0.15, 0.2) is 0 Å². The van der Waals surface area contributed by atoms with Gasteiger partial charge in [-0.1, -0.05) is 49.6 Å². The van der Waals surface area contributed by atoms with E-state index in [0.29, 0.717) is 0 Å². The fraction of sp³-hybridized carbons (Fsp3) is 0.500. The minimum absolute atomic E-state index is 0.0412. The largest absolute Gasteiger partial charge is 0.271 e. The fourth-order valence-electron chi connectivity index (χ4n) is 2.43. The minimum atomic E-state index is 0.0412. The van der Waals surface area contributed by atoms with Crippen LogP contribution in [0.15, 0.2) is 30.3 Å². The number of benzene rings is 1. The molecule has 1 aromatic carbocycles. The Labute approximate surface area is 85.5 Å². The molecule has 2 rings (SSSR count). The van der Waals surface area contributed by atoms with Crippen LogP contribution in [0.3, 0.4) is 0 Å². The monoisotopic (exact) mass is 190 g/mol. The van der Waals surface area contributed by atoms with Crippen LogP contribution in [0.1, 0.15) is 37.7 Å². The molecule has 0 aromatic heterocycles. The second-order valence-electron chi connectivity index (χ2n) is 4.15. The van der Waals surface area contributed by atoms with E-state index in [0.717, 1.165) is 12.8 Å². The van der Waals surface area contributed by atoms with Crippen molar-refractivity contribution >= 4 is 0 Å². The van der Waals surface area contributed by atoms with Crippen LogP contribution in [0.2, 0.25) is 0 Å².